The number of halogens is 4. The summed E-state index contributed by atoms with van der Waals surface area (Å²) in [7, 11) is -0.971. The van der Waals surface area contributed by atoms with Crippen molar-refractivity contribution in [3.05, 3.63) is 154 Å². The van der Waals surface area contributed by atoms with Crippen molar-refractivity contribution in [3.8, 4) is 11.5 Å². The number of azide groups is 2. The maximum atomic E-state index is 13.0. The number of aryl methyl sites for hydroxylation is 3. The molecule has 0 bridgehead atoms. The predicted octanol–water partition coefficient (Wildman–Crippen LogP) is 7.08. The largest absolute Gasteiger partial charge is 1.00 e. The van der Waals surface area contributed by atoms with Crippen LogP contribution in [0.5, 0.6) is 11.5 Å². The Balaban J connectivity index is 0. The van der Waals surface area contributed by atoms with Crippen LogP contribution >= 0.6 is 46.4 Å². The molecule has 2 aromatic heterocycles. The number of pyridine rings is 2. The van der Waals surface area contributed by atoms with Crippen LogP contribution in [-0.4, -0.2) is 175 Å². The molecule has 4 amide bonds. The minimum Gasteiger partial charge on any atom is -1.00 e. The molecule has 0 aliphatic rings. The average Bonchev–Trinajstić information content (AvgIpc) is 0.826. The number of amides is 4. The number of esters is 2. The summed E-state index contributed by atoms with van der Waals surface area (Å²) in [5, 5.41) is 30.3. The average molecular weight is 1730 g/mol. The molecule has 610 valence electrons. The molecule has 33 nitrogen and oxygen atoms in total. The van der Waals surface area contributed by atoms with E-state index in [4.69, 9.17) is 101 Å². The summed E-state index contributed by atoms with van der Waals surface area (Å²) in [6.45, 7) is 17.8. The van der Waals surface area contributed by atoms with Gasteiger partial charge in [0, 0.05) is 79.4 Å². The molecule has 3 aromatic carbocycles. The van der Waals surface area contributed by atoms with Crippen molar-refractivity contribution in [1.82, 2.24) is 20.6 Å². The van der Waals surface area contributed by atoms with E-state index in [1.165, 1.54) is 48.3 Å². The topological polar surface area (TPSA) is 459 Å². The Morgan fingerprint density at radius 3 is 1.38 bits per heavy atom. The molecule has 5 rings (SSSR count). The number of nitrogens with zero attached hydrogens (tertiary/aromatic N) is 10. The number of aromatic hydroxyl groups is 1. The molecule has 2 heterocycles. The molecule has 40 heteroatoms. The van der Waals surface area contributed by atoms with E-state index in [9.17, 15) is 51.9 Å². The second-order valence-corrected chi connectivity index (χ2v) is 29.8. The first-order valence-corrected chi connectivity index (χ1v) is 37.6. The fourth-order valence-electron chi connectivity index (χ4n) is 9.50. The van der Waals surface area contributed by atoms with Crippen LogP contribution in [0, 0.1) is 20.8 Å². The minimum atomic E-state index is -3.46. The fourth-order valence-corrected chi connectivity index (χ4v) is 11.5. The van der Waals surface area contributed by atoms with E-state index in [-0.39, 0.29) is 248 Å². The molecular formula is C73H96Cl4K2N12O21S. The van der Waals surface area contributed by atoms with Gasteiger partial charge in [-0.1, -0.05) is 74.3 Å². The summed E-state index contributed by atoms with van der Waals surface area (Å²) in [5.41, 5.74) is 18.8. The van der Waals surface area contributed by atoms with Crippen molar-refractivity contribution in [2.45, 2.75) is 154 Å². The molecule has 5 aromatic rings. The number of hydrogen-bond acceptors (Lipinski definition) is 25. The standard InChI is InChI=1S/C35H48Cl2N6O9.C29H37Cl2N3O7.C8H9N3O2S.CH2O3.2K.H/c1-24-9-10-39-30(18-24)43(34(47)52-35(2,3)4)12-7-6-8-31(45)40-23-27(44)19-25(22-32(46)48-5)26-20-28(36)33(29(37)21-26)51-17-16-50-15-14-49-13-11-41-42-38;1-18-9-10-32-24(12-18)34(28(39)41-29(2,3)4)11-7-6-8-25(36)33-17-21(35)13-19(16-26(37)40-5)20-14-22(30)27(38)23(31)15-20;1-7-2-4-8(5-3-7)14(12,13)6-10-11-9;2-1-4-3;;;/h9-10,18,20-21,25H,6-8,11-17,19,22-23H2,1-5H3,(H,40,45);9-10,12,14-15,19,38H,6-8,11,13,16-17H2,1-5H3,(H,33,36);2-5H,6H2,1H3;1,3H;;;/q;;;;2*+1;-1/p-1. The first-order valence-electron chi connectivity index (χ1n) is 34.5. The molecule has 0 saturated heterocycles. The zero-order valence-corrected chi connectivity index (χ0v) is 75.8. The summed E-state index contributed by atoms with van der Waals surface area (Å²) < 4.78 is 59.9. The number of phenols is 1. The zero-order valence-electron chi connectivity index (χ0n) is 66.7. The van der Waals surface area contributed by atoms with Crippen molar-refractivity contribution >= 4 is 122 Å². The third-order valence-corrected chi connectivity index (χ3v) is 17.4. The van der Waals surface area contributed by atoms with Crippen LogP contribution in [0.4, 0.5) is 21.2 Å². The number of benzene rings is 3. The van der Waals surface area contributed by atoms with Crippen molar-refractivity contribution < 1.29 is 204 Å². The third kappa shape index (κ3) is 45.7. The van der Waals surface area contributed by atoms with E-state index < -0.39 is 62.9 Å². The number of unbranched alkanes of at least 4 members (excludes halogenated alkanes) is 2. The Morgan fingerprint density at radius 2 is 1.00 bits per heavy atom. The van der Waals surface area contributed by atoms with Crippen LogP contribution in [0.3, 0.4) is 0 Å². The van der Waals surface area contributed by atoms with Gasteiger partial charge < -0.3 is 60.5 Å². The molecule has 0 aliphatic heterocycles. The van der Waals surface area contributed by atoms with E-state index in [0.717, 1.165) is 16.7 Å². The van der Waals surface area contributed by atoms with E-state index in [1.54, 1.807) is 90.3 Å². The van der Waals surface area contributed by atoms with Crippen LogP contribution in [0.1, 0.15) is 147 Å². The molecule has 0 radical (unpaired) electrons. The van der Waals surface area contributed by atoms with Gasteiger partial charge in [-0.3, -0.25) is 43.4 Å². The van der Waals surface area contributed by atoms with Crippen molar-refractivity contribution in [3.63, 3.8) is 0 Å². The Hall–Kier alpha value is -6.33. The van der Waals surface area contributed by atoms with Crippen LogP contribution in [-0.2, 0) is 76.7 Å². The maximum Gasteiger partial charge on any atom is 1.00 e. The van der Waals surface area contributed by atoms with Crippen LogP contribution < -0.4 is 133 Å². The number of hydrogen-bond donors (Lipinski definition) is 3. The summed E-state index contributed by atoms with van der Waals surface area (Å²) in [5.74, 6) is -3.26. The molecule has 2 atom stereocenters. The van der Waals surface area contributed by atoms with Crippen molar-refractivity contribution in [1.29, 1.82) is 0 Å². The Labute approximate surface area is 763 Å². The Bertz CT molecular complexity index is 4060. The van der Waals surface area contributed by atoms with Gasteiger partial charge in [0.25, 0.3) is 6.47 Å². The predicted molar refractivity (Wildman–Crippen MR) is 413 cm³/mol. The monoisotopic (exact) mass is 1730 g/mol. The summed E-state index contributed by atoms with van der Waals surface area (Å²) in [4.78, 5) is 129. The number of sulfone groups is 1. The number of phenolic OH excluding ortho intramolecular Hbond substituents is 1. The van der Waals surface area contributed by atoms with Crippen LogP contribution in [0.15, 0.2) is 100 Å². The molecule has 2 unspecified atom stereocenters. The third-order valence-electron chi connectivity index (χ3n) is 14.8. The number of carbonyl (C=O) groups is 9. The van der Waals surface area contributed by atoms with Gasteiger partial charge in [-0.15, -0.1) is 0 Å². The summed E-state index contributed by atoms with van der Waals surface area (Å²) in [6.07, 6.45) is 3.95. The maximum absolute atomic E-state index is 13.0. The number of ether oxygens (including phenoxy) is 7. The smallest absolute Gasteiger partial charge is 1.00 e. The van der Waals surface area contributed by atoms with E-state index in [1.807, 2.05) is 32.9 Å². The quantitative estimate of drug-likeness (QED) is 0.00337. The molecule has 113 heavy (non-hydrogen) atoms. The first kappa shape index (κ1) is 107. The van der Waals surface area contributed by atoms with E-state index in [0.29, 0.717) is 74.8 Å². The van der Waals surface area contributed by atoms with Crippen LogP contribution in [0.2, 0.25) is 20.1 Å². The Morgan fingerprint density at radius 1 is 0.602 bits per heavy atom. The van der Waals surface area contributed by atoms with Crippen molar-refractivity contribution in [2.75, 3.05) is 95.7 Å². The SMILES string of the molecule is COC(=O)CC(CC(=O)CNC(=O)CCCCN(C(=O)OC(C)(C)C)c1cc(C)ccn1)c1cc(Cl)c(O)c(Cl)c1.COC(=O)CC(CC(=O)CNC(=O)CCCCN(C(=O)OC(C)(C)C)c1cc(C)ccn1)c1cc(Cl)c(OCCOCCOCCN=[N+]=[N-])c(Cl)c1.Cc1ccc(S(=O)(=O)CN=[N+]=[N-])cc1.O=CO[O-].[H-].[K+].[K+]. The van der Waals surface area contributed by atoms with Gasteiger partial charge in [0.2, 0.25) is 11.8 Å². The summed E-state index contributed by atoms with van der Waals surface area (Å²) in [6, 6.07) is 19.7. The fraction of sp³-hybridized carbons (Fsp3) is 0.493. The number of nitrogens with one attached hydrogen (secondary N) is 2. The Kier molecular flexibility index (Phi) is 54.5. The van der Waals surface area contributed by atoms with Gasteiger partial charge in [-0.05, 0) is 182 Å². The van der Waals surface area contributed by atoms with E-state index >= 15 is 0 Å². The van der Waals surface area contributed by atoms with Gasteiger partial charge in [-0.25, -0.2) is 28.0 Å². The number of ketones is 2. The van der Waals surface area contributed by atoms with Gasteiger partial charge >= 0.3 is 127 Å². The molecule has 0 aliphatic carbocycles. The number of carbonyl (C=O) groups excluding carboxylic acids is 9. The number of rotatable bonds is 40. The van der Waals surface area contributed by atoms with Gasteiger partial charge in [0.1, 0.15) is 35.3 Å². The first-order chi connectivity index (χ1) is 52.4. The number of anilines is 2. The summed E-state index contributed by atoms with van der Waals surface area (Å²) >= 11 is 25.0. The normalized spacial score (nSPS) is 11.2. The number of methoxy groups -OCH3 is 2. The minimum absolute atomic E-state index is 0. The van der Waals surface area contributed by atoms with Gasteiger partial charge in [0.05, 0.1) is 91.6 Å². The molecule has 3 N–H and O–H groups in total. The van der Waals surface area contributed by atoms with Crippen molar-refractivity contribution in [2.24, 2.45) is 10.2 Å². The van der Waals surface area contributed by atoms with Crippen LogP contribution in [0.25, 0.3) is 20.9 Å². The van der Waals surface area contributed by atoms with Gasteiger partial charge in [-0.2, -0.15) is 0 Å². The zero-order chi connectivity index (χ0) is 83.3. The molecule has 0 saturated carbocycles. The molecule has 0 fully saturated rings. The number of aromatic nitrogens is 2. The second-order valence-electron chi connectivity index (χ2n) is 26.2. The second kappa shape index (κ2) is 57.7. The molecule has 0 spiro atoms. The molecular weight excluding hydrogens is 1630 g/mol. The van der Waals surface area contributed by atoms with Gasteiger partial charge in [0.15, 0.2) is 32.9 Å². The van der Waals surface area contributed by atoms with E-state index in [2.05, 4.69) is 45.5 Å². The number of Topliss-reactive ketones (excluding diaryl/α,β-unsaturated/α-hetero) is 2.